The fourth-order valence-electron chi connectivity index (χ4n) is 3.94. The molecule has 0 bridgehead atoms. The molecule has 0 unspecified atom stereocenters. The van der Waals surface area contributed by atoms with Gasteiger partial charge in [-0.05, 0) is 48.0 Å². The molecule has 4 rings (SSSR count). The largest absolute Gasteiger partial charge is 0.383 e. The topological polar surface area (TPSA) is 73.7 Å². The van der Waals surface area contributed by atoms with Crippen molar-refractivity contribution in [3.05, 3.63) is 77.4 Å². The second-order valence-corrected chi connectivity index (χ2v) is 12.1. The van der Waals surface area contributed by atoms with E-state index in [9.17, 15) is 8.42 Å². The highest BCUT2D eigenvalue weighted by Gasteiger charge is 2.18. The smallest absolute Gasteiger partial charge is 0.175 e. The Bertz CT molecular complexity index is 1440. The predicted molar refractivity (Wildman–Crippen MR) is 149 cm³/mol. The Hall–Kier alpha value is -2.53. The van der Waals surface area contributed by atoms with Crippen LogP contribution in [0.5, 0.6) is 0 Å². The lowest BCUT2D eigenvalue weighted by Gasteiger charge is -2.20. The molecule has 0 atom stereocenters. The van der Waals surface area contributed by atoms with Crippen molar-refractivity contribution in [3.63, 3.8) is 0 Å². The molecule has 7 nitrogen and oxygen atoms in total. The van der Waals surface area contributed by atoms with Gasteiger partial charge in [0.2, 0.25) is 0 Å². The average Bonchev–Trinajstić information content (AvgIpc) is 3.53. The van der Waals surface area contributed by atoms with Crippen molar-refractivity contribution in [1.82, 2.24) is 14.7 Å². The van der Waals surface area contributed by atoms with Gasteiger partial charge < -0.3 is 9.47 Å². The fourth-order valence-corrected chi connectivity index (χ4v) is 5.83. The maximum atomic E-state index is 12.1. The van der Waals surface area contributed by atoms with Crippen molar-refractivity contribution in [2.75, 3.05) is 46.8 Å². The Kier molecular flexibility index (Phi) is 9.17. The van der Waals surface area contributed by atoms with Crippen LogP contribution in [0.2, 0.25) is 5.02 Å². The van der Waals surface area contributed by atoms with Crippen LogP contribution in [0.3, 0.4) is 0 Å². The molecule has 0 spiro atoms. The number of thiophene rings is 1. The molecule has 0 aliphatic carbocycles. The van der Waals surface area contributed by atoms with Gasteiger partial charge in [-0.3, -0.25) is 4.90 Å². The van der Waals surface area contributed by atoms with Crippen LogP contribution in [0.25, 0.3) is 26.7 Å². The number of benzene rings is 2. The number of rotatable bonds is 12. The first kappa shape index (κ1) is 27.5. The van der Waals surface area contributed by atoms with E-state index in [0.29, 0.717) is 29.7 Å². The van der Waals surface area contributed by atoms with Crippen molar-refractivity contribution in [1.29, 1.82) is 0 Å². The molecule has 2 heterocycles. The van der Waals surface area contributed by atoms with Gasteiger partial charge in [0.15, 0.2) is 9.84 Å². The van der Waals surface area contributed by atoms with Gasteiger partial charge in [0.05, 0.1) is 45.1 Å². The van der Waals surface area contributed by atoms with Crippen LogP contribution in [0, 0.1) is 0 Å². The van der Waals surface area contributed by atoms with E-state index in [-0.39, 0.29) is 0 Å². The summed E-state index contributed by atoms with van der Waals surface area (Å²) >= 11 is 8.15. The standard InChI is InChI=1S/C27H30ClN3O4S2/c1-34-15-13-30(14-16-35-2)19-21-18-25(31(29-21)24-10-5-4-9-23(24)28)27-12-11-26(36-27)20-7-6-8-22(17-20)37(3,32)33/h4-12,17-18H,13-16,19H2,1-3H3. The van der Waals surface area contributed by atoms with Gasteiger partial charge >= 0.3 is 0 Å². The zero-order valence-corrected chi connectivity index (χ0v) is 23.4. The summed E-state index contributed by atoms with van der Waals surface area (Å²) in [4.78, 5) is 4.51. The Morgan fingerprint density at radius 3 is 2.32 bits per heavy atom. The van der Waals surface area contributed by atoms with E-state index in [4.69, 9.17) is 26.2 Å². The van der Waals surface area contributed by atoms with Gasteiger partial charge in [-0.2, -0.15) is 5.10 Å². The molecule has 0 aliphatic rings. The summed E-state index contributed by atoms with van der Waals surface area (Å²) in [6.45, 7) is 3.37. The first-order valence-corrected chi connectivity index (χ1v) is 14.8. The molecule has 2 aromatic carbocycles. The molecule has 0 fully saturated rings. The van der Waals surface area contributed by atoms with Gasteiger partial charge in [-0.1, -0.05) is 35.9 Å². The lowest BCUT2D eigenvalue weighted by atomic mass is 10.2. The van der Waals surface area contributed by atoms with Gasteiger partial charge in [0.25, 0.3) is 0 Å². The van der Waals surface area contributed by atoms with Crippen LogP contribution in [0.4, 0.5) is 0 Å². The van der Waals surface area contributed by atoms with Crippen molar-refractivity contribution in [2.24, 2.45) is 0 Å². The molecule has 196 valence electrons. The summed E-state index contributed by atoms with van der Waals surface area (Å²) < 4.78 is 36.6. The number of sulfone groups is 1. The van der Waals surface area contributed by atoms with Crippen LogP contribution in [0.15, 0.2) is 71.6 Å². The van der Waals surface area contributed by atoms with E-state index in [0.717, 1.165) is 45.5 Å². The molecule has 0 radical (unpaired) electrons. The molecule has 0 saturated carbocycles. The van der Waals surface area contributed by atoms with E-state index >= 15 is 0 Å². The van der Waals surface area contributed by atoms with Crippen LogP contribution >= 0.6 is 22.9 Å². The fraction of sp³-hybridized carbons (Fsp3) is 0.296. The molecular formula is C27H30ClN3O4S2. The molecule has 0 saturated heterocycles. The van der Waals surface area contributed by atoms with Gasteiger partial charge in [-0.25, -0.2) is 13.1 Å². The quantitative estimate of drug-likeness (QED) is 0.231. The van der Waals surface area contributed by atoms with Gasteiger partial charge in [-0.15, -0.1) is 11.3 Å². The third-order valence-electron chi connectivity index (χ3n) is 5.85. The average molecular weight is 560 g/mol. The van der Waals surface area contributed by atoms with Crippen LogP contribution < -0.4 is 0 Å². The molecule has 10 heteroatoms. The lowest BCUT2D eigenvalue weighted by Crippen LogP contribution is -2.30. The summed E-state index contributed by atoms with van der Waals surface area (Å²) in [5, 5.41) is 5.54. The maximum absolute atomic E-state index is 12.1. The minimum Gasteiger partial charge on any atom is -0.383 e. The van der Waals surface area contributed by atoms with E-state index in [1.54, 1.807) is 43.8 Å². The van der Waals surface area contributed by atoms with E-state index in [1.165, 1.54) is 6.26 Å². The van der Waals surface area contributed by atoms with Crippen molar-refractivity contribution in [2.45, 2.75) is 11.4 Å². The zero-order valence-electron chi connectivity index (χ0n) is 21.1. The van der Waals surface area contributed by atoms with Crippen molar-refractivity contribution < 1.29 is 17.9 Å². The highest BCUT2D eigenvalue weighted by molar-refractivity contribution is 7.90. The van der Waals surface area contributed by atoms with E-state index in [1.807, 2.05) is 47.1 Å². The molecule has 37 heavy (non-hydrogen) atoms. The van der Waals surface area contributed by atoms with E-state index in [2.05, 4.69) is 11.0 Å². The number of ether oxygens (including phenoxy) is 2. The molecule has 4 aromatic rings. The van der Waals surface area contributed by atoms with Crippen LogP contribution in [0.1, 0.15) is 5.69 Å². The number of nitrogens with zero attached hydrogens (tertiary/aromatic N) is 3. The maximum Gasteiger partial charge on any atom is 0.175 e. The Morgan fingerprint density at radius 1 is 0.946 bits per heavy atom. The monoisotopic (exact) mass is 559 g/mol. The summed E-state index contributed by atoms with van der Waals surface area (Å²) in [7, 11) is 0.0917. The van der Waals surface area contributed by atoms with Crippen LogP contribution in [-0.2, 0) is 25.9 Å². The first-order chi connectivity index (χ1) is 17.8. The molecule has 0 aliphatic heterocycles. The third-order valence-corrected chi connectivity index (χ3v) is 8.44. The summed E-state index contributed by atoms with van der Waals surface area (Å²) in [6, 6.07) is 20.8. The van der Waals surface area contributed by atoms with Crippen LogP contribution in [-0.4, -0.2) is 69.9 Å². The number of hydrogen-bond acceptors (Lipinski definition) is 7. The first-order valence-electron chi connectivity index (χ1n) is 11.7. The molecule has 0 amide bonds. The van der Waals surface area contributed by atoms with Crippen molar-refractivity contribution >= 4 is 32.8 Å². The second kappa shape index (κ2) is 12.3. The minimum atomic E-state index is -3.29. The molecular weight excluding hydrogens is 530 g/mol. The lowest BCUT2D eigenvalue weighted by molar-refractivity contribution is 0.109. The highest BCUT2D eigenvalue weighted by Crippen LogP contribution is 2.37. The highest BCUT2D eigenvalue weighted by atomic mass is 35.5. The zero-order chi connectivity index (χ0) is 26.4. The van der Waals surface area contributed by atoms with Gasteiger partial charge in [0.1, 0.15) is 0 Å². The summed E-state index contributed by atoms with van der Waals surface area (Å²) in [6.07, 6.45) is 1.22. The second-order valence-electron chi connectivity index (χ2n) is 8.61. The predicted octanol–water partition coefficient (Wildman–Crippen LogP) is 5.42. The number of aromatic nitrogens is 2. The number of halogens is 1. The van der Waals surface area contributed by atoms with E-state index < -0.39 is 9.84 Å². The Labute approximate surface area is 227 Å². The van der Waals surface area contributed by atoms with Crippen molar-refractivity contribution in [3.8, 4) is 26.7 Å². The Morgan fingerprint density at radius 2 is 1.65 bits per heavy atom. The third kappa shape index (κ3) is 6.87. The normalized spacial score (nSPS) is 11.9. The summed E-state index contributed by atoms with van der Waals surface area (Å²) in [5.41, 5.74) is 3.46. The summed E-state index contributed by atoms with van der Waals surface area (Å²) in [5.74, 6) is 0. The minimum absolute atomic E-state index is 0.301. The molecule has 0 N–H and O–H groups in total. The van der Waals surface area contributed by atoms with Gasteiger partial charge in [0, 0.05) is 45.0 Å². The Balaban J connectivity index is 1.73. The number of para-hydroxylation sites is 1. The molecule has 2 aromatic heterocycles. The SMILES string of the molecule is COCCN(CCOC)Cc1cc(-c2ccc(-c3cccc(S(C)(=O)=O)c3)s2)n(-c2ccccc2Cl)n1. The number of hydrogen-bond donors (Lipinski definition) is 0. The number of methoxy groups -OCH3 is 2.